The van der Waals surface area contributed by atoms with Crippen molar-refractivity contribution in [2.24, 2.45) is 0 Å². The van der Waals surface area contributed by atoms with Gasteiger partial charge in [0.15, 0.2) is 11.6 Å². The van der Waals surface area contributed by atoms with E-state index in [0.717, 1.165) is 0 Å². The number of hydrogen-bond acceptors (Lipinski definition) is 6. The topological polar surface area (TPSA) is 81.4 Å². The fourth-order valence-corrected chi connectivity index (χ4v) is 2.48. The van der Waals surface area contributed by atoms with Gasteiger partial charge in [0.1, 0.15) is 16.9 Å². The van der Waals surface area contributed by atoms with Gasteiger partial charge in [0.2, 0.25) is 0 Å². The second kappa shape index (κ2) is 10.8. The summed E-state index contributed by atoms with van der Waals surface area (Å²) in [5.74, 6) is -0.104. The van der Waals surface area contributed by atoms with Gasteiger partial charge in [0.05, 0.1) is 12.8 Å². The standard InChI is InChI=1S/C21H20FN5O2.C2H6/c1-13(2)16(22)8-7-14(3)19-25-20(18-6-5-11-27(18)26-19)24-17-9-10-23-12-15(17)21(28)29-4;1-2/h5-12H,3H2,1-2,4H3,(H,23,24,25,26);1-2H3/b8-7-;. The highest BCUT2D eigenvalue weighted by molar-refractivity contribution is 5.96. The Balaban J connectivity index is 0.00000166. The lowest BCUT2D eigenvalue weighted by atomic mass is 10.2. The van der Waals surface area contributed by atoms with Crippen LogP contribution in [0.5, 0.6) is 0 Å². The minimum atomic E-state index is -0.522. The predicted molar refractivity (Wildman–Crippen MR) is 121 cm³/mol. The van der Waals surface area contributed by atoms with E-state index in [1.54, 1.807) is 36.8 Å². The van der Waals surface area contributed by atoms with Crippen LogP contribution in [0.4, 0.5) is 15.9 Å². The first-order valence-corrected chi connectivity index (χ1v) is 9.75. The molecule has 8 heteroatoms. The van der Waals surface area contributed by atoms with E-state index in [-0.39, 0.29) is 11.4 Å². The number of nitrogens with zero attached hydrogens (tertiary/aromatic N) is 4. The maximum atomic E-state index is 13.8. The number of halogens is 1. The number of rotatable bonds is 6. The molecular formula is C23H26FN5O2. The summed E-state index contributed by atoms with van der Waals surface area (Å²) in [5, 5.41) is 7.54. The Kier molecular flexibility index (Phi) is 8.19. The van der Waals surface area contributed by atoms with E-state index in [1.165, 1.54) is 25.5 Å². The average Bonchev–Trinajstić information content (AvgIpc) is 3.27. The molecule has 0 atom stereocenters. The van der Waals surface area contributed by atoms with Crippen LogP contribution in [0.3, 0.4) is 0 Å². The van der Waals surface area contributed by atoms with Gasteiger partial charge in [-0.15, -0.1) is 5.10 Å². The number of carbonyl (C=O) groups excluding carboxylic acids is 1. The van der Waals surface area contributed by atoms with Crippen molar-refractivity contribution in [1.82, 2.24) is 19.6 Å². The predicted octanol–water partition coefficient (Wildman–Crippen LogP) is 5.51. The molecule has 0 saturated heterocycles. The molecule has 0 spiro atoms. The van der Waals surface area contributed by atoms with Gasteiger partial charge in [-0.05, 0) is 49.8 Å². The van der Waals surface area contributed by atoms with Crippen LogP contribution in [0.1, 0.15) is 43.9 Å². The molecule has 0 unspecified atom stereocenters. The number of carbonyl (C=O) groups is 1. The van der Waals surface area contributed by atoms with Crippen molar-refractivity contribution < 1.29 is 13.9 Å². The van der Waals surface area contributed by atoms with Crippen LogP contribution in [0.25, 0.3) is 11.1 Å². The number of allylic oxidation sites excluding steroid dienone is 5. The van der Waals surface area contributed by atoms with Crippen molar-refractivity contribution in [1.29, 1.82) is 0 Å². The molecule has 3 aromatic heterocycles. The van der Waals surface area contributed by atoms with Crippen LogP contribution >= 0.6 is 0 Å². The van der Waals surface area contributed by atoms with Crippen molar-refractivity contribution in [3.8, 4) is 0 Å². The highest BCUT2D eigenvalue weighted by atomic mass is 19.1. The maximum Gasteiger partial charge on any atom is 0.341 e. The molecule has 31 heavy (non-hydrogen) atoms. The largest absolute Gasteiger partial charge is 0.465 e. The zero-order valence-electron chi connectivity index (χ0n) is 18.3. The summed E-state index contributed by atoms with van der Waals surface area (Å²) < 4.78 is 20.2. The molecule has 0 bridgehead atoms. The zero-order valence-corrected chi connectivity index (χ0v) is 18.3. The van der Waals surface area contributed by atoms with Crippen LogP contribution < -0.4 is 5.32 Å². The monoisotopic (exact) mass is 423 g/mol. The van der Waals surface area contributed by atoms with E-state index in [2.05, 4.69) is 27.0 Å². The number of pyridine rings is 1. The van der Waals surface area contributed by atoms with Crippen LogP contribution in [-0.4, -0.2) is 32.7 Å². The average molecular weight is 423 g/mol. The van der Waals surface area contributed by atoms with Crippen LogP contribution in [0.15, 0.2) is 66.9 Å². The smallest absolute Gasteiger partial charge is 0.341 e. The van der Waals surface area contributed by atoms with Gasteiger partial charge in [0, 0.05) is 24.2 Å². The van der Waals surface area contributed by atoms with Gasteiger partial charge in [-0.25, -0.2) is 18.7 Å². The third-order valence-corrected chi connectivity index (χ3v) is 4.07. The Morgan fingerprint density at radius 3 is 2.68 bits per heavy atom. The Morgan fingerprint density at radius 1 is 1.26 bits per heavy atom. The second-order valence-corrected chi connectivity index (χ2v) is 6.37. The Morgan fingerprint density at radius 2 is 2.00 bits per heavy atom. The van der Waals surface area contributed by atoms with E-state index in [9.17, 15) is 9.18 Å². The van der Waals surface area contributed by atoms with E-state index >= 15 is 0 Å². The number of fused-ring (bicyclic) bond motifs is 1. The van der Waals surface area contributed by atoms with Gasteiger partial charge in [-0.1, -0.05) is 20.4 Å². The first-order valence-electron chi connectivity index (χ1n) is 9.75. The van der Waals surface area contributed by atoms with E-state index in [0.29, 0.717) is 34.0 Å². The third kappa shape index (κ3) is 5.63. The minimum Gasteiger partial charge on any atom is -0.465 e. The second-order valence-electron chi connectivity index (χ2n) is 6.37. The molecule has 0 aliphatic carbocycles. The number of aromatic nitrogens is 4. The summed E-state index contributed by atoms with van der Waals surface area (Å²) in [6.07, 6.45) is 7.56. The molecular weight excluding hydrogens is 397 g/mol. The summed E-state index contributed by atoms with van der Waals surface area (Å²) in [7, 11) is 1.30. The number of anilines is 2. The lowest BCUT2D eigenvalue weighted by Gasteiger charge is -2.12. The molecule has 0 saturated carbocycles. The molecule has 7 nitrogen and oxygen atoms in total. The molecule has 3 aromatic rings. The molecule has 0 amide bonds. The molecule has 0 aromatic carbocycles. The van der Waals surface area contributed by atoms with Crippen molar-refractivity contribution >= 4 is 28.6 Å². The number of esters is 1. The van der Waals surface area contributed by atoms with Crippen LogP contribution in [0.2, 0.25) is 0 Å². The Bertz CT molecular complexity index is 1140. The Labute approximate surface area is 181 Å². The highest BCUT2D eigenvalue weighted by Gasteiger charge is 2.15. The molecule has 0 fully saturated rings. The molecule has 3 heterocycles. The van der Waals surface area contributed by atoms with Crippen molar-refractivity contribution in [2.75, 3.05) is 12.4 Å². The molecule has 3 rings (SSSR count). The summed E-state index contributed by atoms with van der Waals surface area (Å²) in [6.45, 7) is 11.3. The normalized spacial score (nSPS) is 10.4. The first-order chi connectivity index (χ1) is 14.9. The molecule has 0 radical (unpaired) electrons. The number of hydrogen-bond donors (Lipinski definition) is 1. The van der Waals surface area contributed by atoms with Gasteiger partial charge in [0.25, 0.3) is 0 Å². The molecule has 0 aliphatic rings. The van der Waals surface area contributed by atoms with Crippen molar-refractivity contribution in [2.45, 2.75) is 27.7 Å². The van der Waals surface area contributed by atoms with Crippen LogP contribution in [0, 0.1) is 0 Å². The Hall–Kier alpha value is -3.81. The van der Waals surface area contributed by atoms with Gasteiger partial charge < -0.3 is 10.1 Å². The molecule has 0 aliphatic heterocycles. The summed E-state index contributed by atoms with van der Waals surface area (Å²) >= 11 is 0. The lowest BCUT2D eigenvalue weighted by molar-refractivity contribution is 0.0601. The number of nitrogens with one attached hydrogen (secondary N) is 1. The minimum absolute atomic E-state index is 0.268. The SMILES string of the molecule is C=C(/C=C\C(F)=C(C)C)c1nc(Nc2ccncc2C(=O)OC)c2cccn2n1.CC. The van der Waals surface area contributed by atoms with E-state index in [1.807, 2.05) is 26.0 Å². The highest BCUT2D eigenvalue weighted by Crippen LogP contribution is 2.24. The molecule has 162 valence electrons. The van der Waals surface area contributed by atoms with E-state index in [4.69, 9.17) is 4.74 Å². The van der Waals surface area contributed by atoms with Gasteiger partial charge in [-0.2, -0.15) is 0 Å². The number of ether oxygens (including phenoxy) is 1. The van der Waals surface area contributed by atoms with Gasteiger partial charge in [-0.3, -0.25) is 4.98 Å². The maximum absolute atomic E-state index is 13.8. The molecule has 1 N–H and O–H groups in total. The fourth-order valence-electron chi connectivity index (χ4n) is 2.48. The quantitative estimate of drug-likeness (QED) is 0.416. The fraction of sp³-hybridized carbons (Fsp3) is 0.217. The lowest BCUT2D eigenvalue weighted by Crippen LogP contribution is -2.09. The summed E-state index contributed by atoms with van der Waals surface area (Å²) in [6, 6.07) is 5.28. The first kappa shape index (κ1) is 23.5. The van der Waals surface area contributed by atoms with Crippen molar-refractivity contribution in [3.63, 3.8) is 0 Å². The number of methoxy groups -OCH3 is 1. The zero-order chi connectivity index (χ0) is 23.0. The third-order valence-electron chi connectivity index (χ3n) is 4.07. The van der Waals surface area contributed by atoms with Gasteiger partial charge >= 0.3 is 5.97 Å². The van der Waals surface area contributed by atoms with Crippen LogP contribution in [-0.2, 0) is 4.74 Å². The summed E-state index contributed by atoms with van der Waals surface area (Å²) in [5.41, 5.74) is 2.43. The van der Waals surface area contributed by atoms with E-state index < -0.39 is 5.97 Å². The summed E-state index contributed by atoms with van der Waals surface area (Å²) in [4.78, 5) is 20.5. The van der Waals surface area contributed by atoms with Crippen molar-refractivity contribution in [3.05, 3.63) is 78.3 Å².